The fraction of sp³-hybridized carbons (Fsp3) is 0.375. The van der Waals surface area contributed by atoms with E-state index in [0.29, 0.717) is 33.2 Å². The van der Waals surface area contributed by atoms with Crippen molar-refractivity contribution in [1.82, 2.24) is 4.98 Å². The number of aromatic nitrogens is 1. The maximum atomic E-state index is 11.5. The molecular formula is C16H20Cl2N3O2+. The van der Waals surface area contributed by atoms with Crippen molar-refractivity contribution in [3.8, 4) is 0 Å². The molecule has 0 spiro atoms. The first kappa shape index (κ1) is 17.8. The normalized spacial score (nSPS) is 11.2. The Labute approximate surface area is 145 Å². The number of hydrogen-bond donors (Lipinski definition) is 3. The summed E-state index contributed by atoms with van der Waals surface area (Å²) in [6.07, 6.45) is 1.32. The van der Waals surface area contributed by atoms with Gasteiger partial charge in [0.05, 0.1) is 47.4 Å². The Balaban J connectivity index is 2.40. The molecule has 1 aromatic heterocycles. The molecule has 0 aliphatic heterocycles. The number of carboxylic acid groups (broad SMARTS) is 1. The van der Waals surface area contributed by atoms with E-state index < -0.39 is 5.97 Å². The number of carboxylic acids is 1. The zero-order valence-electron chi connectivity index (χ0n) is 13.1. The van der Waals surface area contributed by atoms with Crippen LogP contribution < -0.4 is 10.2 Å². The third-order valence-corrected chi connectivity index (χ3v) is 4.74. The van der Waals surface area contributed by atoms with Crippen molar-refractivity contribution < 1.29 is 14.8 Å². The molecule has 0 radical (unpaired) electrons. The lowest BCUT2D eigenvalue weighted by Gasteiger charge is -2.18. The molecule has 3 N–H and O–H groups in total. The first-order valence-corrected chi connectivity index (χ1v) is 8.32. The molecule has 0 fully saturated rings. The number of nitrogens with one attached hydrogen (secondary N) is 2. The van der Waals surface area contributed by atoms with E-state index in [2.05, 4.69) is 24.1 Å². The van der Waals surface area contributed by atoms with Crippen LogP contribution in [0.25, 0.3) is 10.9 Å². The molecule has 0 unspecified atom stereocenters. The maximum absolute atomic E-state index is 11.5. The van der Waals surface area contributed by atoms with Crippen LogP contribution in [0.15, 0.2) is 18.3 Å². The number of halogens is 2. The van der Waals surface area contributed by atoms with Crippen LogP contribution in [0.3, 0.4) is 0 Å². The van der Waals surface area contributed by atoms with Gasteiger partial charge in [0, 0.05) is 11.6 Å². The van der Waals surface area contributed by atoms with E-state index in [0.717, 1.165) is 19.6 Å². The highest BCUT2D eigenvalue weighted by atomic mass is 35.5. The van der Waals surface area contributed by atoms with Gasteiger partial charge < -0.3 is 15.3 Å². The van der Waals surface area contributed by atoms with Crippen molar-refractivity contribution in [2.24, 2.45) is 0 Å². The minimum atomic E-state index is -1.02. The number of likely N-dealkylation sites (N-methyl/N-ethyl adjacent to an activating group) is 1. The summed E-state index contributed by atoms with van der Waals surface area (Å²) in [4.78, 5) is 17.1. The van der Waals surface area contributed by atoms with Crippen LogP contribution in [0.5, 0.6) is 0 Å². The third-order valence-electron chi connectivity index (χ3n) is 3.94. The fourth-order valence-corrected chi connectivity index (χ4v) is 2.89. The molecule has 1 aromatic carbocycles. The zero-order valence-corrected chi connectivity index (χ0v) is 14.6. The number of carbonyl (C=O) groups is 1. The molecule has 0 aliphatic carbocycles. The van der Waals surface area contributed by atoms with Crippen LogP contribution in [-0.2, 0) is 0 Å². The first-order chi connectivity index (χ1) is 11.0. The maximum Gasteiger partial charge on any atom is 0.339 e. The number of rotatable bonds is 7. The van der Waals surface area contributed by atoms with Crippen molar-refractivity contribution in [3.63, 3.8) is 0 Å². The molecule has 0 saturated heterocycles. The van der Waals surface area contributed by atoms with Gasteiger partial charge in [-0.3, -0.25) is 4.98 Å². The summed E-state index contributed by atoms with van der Waals surface area (Å²) in [5.41, 5.74) is 1.17. The second-order valence-electron chi connectivity index (χ2n) is 5.24. The number of pyridine rings is 1. The van der Waals surface area contributed by atoms with E-state index in [1.807, 2.05) is 0 Å². The number of nitrogens with zero attached hydrogens (tertiary/aromatic N) is 1. The van der Waals surface area contributed by atoms with Gasteiger partial charge in [-0.15, -0.1) is 0 Å². The highest BCUT2D eigenvalue weighted by Crippen LogP contribution is 2.34. The van der Waals surface area contributed by atoms with Crippen molar-refractivity contribution in [2.75, 3.05) is 31.5 Å². The Kier molecular flexibility index (Phi) is 6.04. The molecule has 5 nitrogen and oxygen atoms in total. The third kappa shape index (κ3) is 3.86. The van der Waals surface area contributed by atoms with Gasteiger partial charge in [-0.25, -0.2) is 4.79 Å². The molecule has 0 amide bonds. The van der Waals surface area contributed by atoms with Gasteiger partial charge in [-0.05, 0) is 26.0 Å². The Morgan fingerprint density at radius 2 is 2.00 bits per heavy atom. The average molecular weight is 357 g/mol. The SMILES string of the molecule is CC[NH+](CC)CCNc1c(C(=O)O)cnc2c(Cl)c(Cl)ccc12. The average Bonchev–Trinajstić information content (AvgIpc) is 2.54. The summed E-state index contributed by atoms with van der Waals surface area (Å²) in [5, 5.41) is 14.0. The predicted molar refractivity (Wildman–Crippen MR) is 94.1 cm³/mol. The number of aromatic carboxylic acids is 1. The molecular weight excluding hydrogens is 337 g/mol. The van der Waals surface area contributed by atoms with Crippen molar-refractivity contribution in [2.45, 2.75) is 13.8 Å². The monoisotopic (exact) mass is 356 g/mol. The molecule has 2 rings (SSSR count). The van der Waals surface area contributed by atoms with Crippen LogP contribution >= 0.6 is 23.2 Å². The summed E-state index contributed by atoms with van der Waals surface area (Å²) in [7, 11) is 0. The van der Waals surface area contributed by atoms with E-state index in [4.69, 9.17) is 23.2 Å². The summed E-state index contributed by atoms with van der Waals surface area (Å²) in [6.45, 7) is 7.88. The number of anilines is 1. The van der Waals surface area contributed by atoms with E-state index in [-0.39, 0.29) is 5.56 Å². The number of fused-ring (bicyclic) bond motifs is 1. The van der Waals surface area contributed by atoms with Gasteiger partial charge in [-0.2, -0.15) is 0 Å². The van der Waals surface area contributed by atoms with Crippen LogP contribution in [0, 0.1) is 0 Å². The summed E-state index contributed by atoms with van der Waals surface area (Å²) < 4.78 is 0. The van der Waals surface area contributed by atoms with Crippen LogP contribution in [0.4, 0.5) is 5.69 Å². The highest BCUT2D eigenvalue weighted by Gasteiger charge is 2.17. The standard InChI is InChI=1S/C16H19Cl2N3O2/c1-3-21(4-2)8-7-19-14-10-5-6-12(17)13(18)15(10)20-9-11(14)16(22)23/h5-6,9H,3-4,7-8H2,1-2H3,(H,19,20)(H,22,23)/p+1. The highest BCUT2D eigenvalue weighted by molar-refractivity contribution is 6.45. The van der Waals surface area contributed by atoms with Crippen molar-refractivity contribution >= 4 is 45.8 Å². The minimum absolute atomic E-state index is 0.130. The second-order valence-corrected chi connectivity index (χ2v) is 6.03. The van der Waals surface area contributed by atoms with E-state index in [1.165, 1.54) is 11.1 Å². The molecule has 0 saturated carbocycles. The molecule has 1 heterocycles. The van der Waals surface area contributed by atoms with Gasteiger partial charge in [-0.1, -0.05) is 23.2 Å². The lowest BCUT2D eigenvalue weighted by atomic mass is 10.1. The molecule has 124 valence electrons. The zero-order chi connectivity index (χ0) is 17.0. The molecule has 23 heavy (non-hydrogen) atoms. The number of hydrogen-bond acceptors (Lipinski definition) is 3. The molecule has 0 atom stereocenters. The van der Waals surface area contributed by atoms with Crippen LogP contribution in [-0.4, -0.2) is 42.2 Å². The van der Waals surface area contributed by atoms with Crippen LogP contribution in [0.1, 0.15) is 24.2 Å². The lowest BCUT2D eigenvalue weighted by molar-refractivity contribution is -0.894. The predicted octanol–water partition coefficient (Wildman–Crippen LogP) is 2.58. The molecule has 2 aromatic rings. The summed E-state index contributed by atoms with van der Waals surface area (Å²) in [6, 6.07) is 3.40. The van der Waals surface area contributed by atoms with Crippen molar-refractivity contribution in [3.05, 3.63) is 33.9 Å². The van der Waals surface area contributed by atoms with Gasteiger partial charge in [0.1, 0.15) is 5.56 Å². The summed E-state index contributed by atoms with van der Waals surface area (Å²) >= 11 is 12.2. The van der Waals surface area contributed by atoms with Crippen molar-refractivity contribution in [1.29, 1.82) is 0 Å². The molecule has 0 bridgehead atoms. The van der Waals surface area contributed by atoms with Gasteiger partial charge in [0.25, 0.3) is 0 Å². The Morgan fingerprint density at radius 1 is 1.30 bits per heavy atom. The van der Waals surface area contributed by atoms with E-state index >= 15 is 0 Å². The van der Waals surface area contributed by atoms with E-state index in [9.17, 15) is 9.90 Å². The summed E-state index contributed by atoms with van der Waals surface area (Å²) in [5.74, 6) is -1.02. The van der Waals surface area contributed by atoms with Crippen LogP contribution in [0.2, 0.25) is 10.0 Å². The topological polar surface area (TPSA) is 66.7 Å². The Bertz CT molecular complexity index is 718. The van der Waals surface area contributed by atoms with Gasteiger partial charge >= 0.3 is 5.97 Å². The second kappa shape index (κ2) is 7.81. The number of benzene rings is 1. The Morgan fingerprint density at radius 3 is 2.61 bits per heavy atom. The minimum Gasteiger partial charge on any atom is -0.478 e. The quantitative estimate of drug-likeness (QED) is 0.713. The molecule has 7 heteroatoms. The molecule has 0 aliphatic rings. The van der Waals surface area contributed by atoms with E-state index in [1.54, 1.807) is 12.1 Å². The van der Waals surface area contributed by atoms with Gasteiger partial charge in [0.2, 0.25) is 0 Å². The van der Waals surface area contributed by atoms with Gasteiger partial charge in [0.15, 0.2) is 0 Å². The lowest BCUT2D eigenvalue weighted by Crippen LogP contribution is -3.12. The Hall–Kier alpha value is -1.56. The fourth-order valence-electron chi connectivity index (χ4n) is 2.53. The largest absolute Gasteiger partial charge is 0.478 e. The smallest absolute Gasteiger partial charge is 0.339 e. The number of quaternary nitrogens is 1. The first-order valence-electron chi connectivity index (χ1n) is 7.57.